The molecule has 4 rings (SSSR count). The maximum atomic E-state index is 15.3. The molecule has 2 fully saturated rings. The molecule has 0 aromatic carbocycles. The summed E-state index contributed by atoms with van der Waals surface area (Å²) in [6.07, 6.45) is 6.54. The SMILES string of the molecule is C=C/C(=C\C[C@H](N)NC1=NCNC(OC2=CC=C3C(C[C@@H](C)N3CC)[C@@H]2F)=C1F)N1CCNCC1. The summed E-state index contributed by atoms with van der Waals surface area (Å²) in [4.78, 5) is 8.58. The Morgan fingerprint density at radius 3 is 2.89 bits per heavy atom. The fourth-order valence-corrected chi connectivity index (χ4v) is 5.11. The number of halogens is 2. The minimum Gasteiger partial charge on any atom is -0.439 e. The summed E-state index contributed by atoms with van der Waals surface area (Å²) >= 11 is 0. The first kappa shape index (κ1) is 25.2. The molecule has 4 aliphatic rings. The summed E-state index contributed by atoms with van der Waals surface area (Å²) in [7, 11) is 0. The van der Waals surface area contributed by atoms with E-state index in [9.17, 15) is 0 Å². The second-order valence-electron chi connectivity index (χ2n) is 9.18. The van der Waals surface area contributed by atoms with E-state index in [0.717, 1.165) is 44.1 Å². The molecule has 0 aromatic rings. The Morgan fingerprint density at radius 1 is 1.40 bits per heavy atom. The van der Waals surface area contributed by atoms with E-state index in [-0.39, 0.29) is 36.1 Å². The van der Waals surface area contributed by atoms with Crippen molar-refractivity contribution < 1.29 is 13.5 Å². The molecule has 0 radical (unpaired) electrons. The van der Waals surface area contributed by atoms with Gasteiger partial charge in [0.2, 0.25) is 11.7 Å². The van der Waals surface area contributed by atoms with Crippen molar-refractivity contribution >= 4 is 5.84 Å². The van der Waals surface area contributed by atoms with Crippen LogP contribution in [0.2, 0.25) is 0 Å². The van der Waals surface area contributed by atoms with Crippen LogP contribution in [0.4, 0.5) is 8.78 Å². The average Bonchev–Trinajstić information content (AvgIpc) is 3.20. The van der Waals surface area contributed by atoms with Crippen LogP contribution in [0.1, 0.15) is 26.7 Å². The van der Waals surface area contributed by atoms with Crippen molar-refractivity contribution in [3.63, 3.8) is 0 Å². The van der Waals surface area contributed by atoms with Gasteiger partial charge < -0.3 is 36.2 Å². The molecule has 2 saturated heterocycles. The lowest BCUT2D eigenvalue weighted by molar-refractivity contribution is 0.159. The maximum Gasteiger partial charge on any atom is 0.234 e. The van der Waals surface area contributed by atoms with E-state index in [4.69, 9.17) is 10.5 Å². The summed E-state index contributed by atoms with van der Waals surface area (Å²) in [5.74, 6) is -1.06. The van der Waals surface area contributed by atoms with E-state index in [2.05, 4.69) is 51.2 Å². The number of nitrogens with one attached hydrogen (secondary N) is 3. The van der Waals surface area contributed by atoms with Gasteiger partial charge in [-0.15, -0.1) is 0 Å². The molecule has 35 heavy (non-hydrogen) atoms. The summed E-state index contributed by atoms with van der Waals surface area (Å²) in [5, 5.41) is 9.01. The molecule has 8 nitrogen and oxygen atoms in total. The Kier molecular flexibility index (Phi) is 8.12. The van der Waals surface area contributed by atoms with Gasteiger partial charge in [0.15, 0.2) is 12.0 Å². The molecule has 4 atom stereocenters. The van der Waals surface area contributed by atoms with Crippen molar-refractivity contribution in [3.05, 3.63) is 59.7 Å². The smallest absolute Gasteiger partial charge is 0.234 e. The van der Waals surface area contributed by atoms with E-state index in [1.54, 1.807) is 6.08 Å². The van der Waals surface area contributed by atoms with Crippen LogP contribution in [0.15, 0.2) is 64.7 Å². The van der Waals surface area contributed by atoms with E-state index in [0.29, 0.717) is 12.8 Å². The number of aliphatic imine (C=N–C) groups is 1. The topological polar surface area (TPSA) is 90.2 Å². The molecular formula is C25H37F2N7O. The average molecular weight is 490 g/mol. The van der Waals surface area contributed by atoms with Gasteiger partial charge >= 0.3 is 0 Å². The van der Waals surface area contributed by atoms with Gasteiger partial charge in [-0.2, -0.15) is 4.39 Å². The highest BCUT2D eigenvalue weighted by molar-refractivity contribution is 5.97. The van der Waals surface area contributed by atoms with Crippen molar-refractivity contribution in [1.82, 2.24) is 25.8 Å². The van der Waals surface area contributed by atoms with E-state index in [1.165, 1.54) is 0 Å². The van der Waals surface area contributed by atoms with E-state index >= 15 is 8.78 Å². The molecule has 5 N–H and O–H groups in total. The number of fused-ring (bicyclic) bond motifs is 1. The Balaban J connectivity index is 1.39. The molecule has 3 aliphatic heterocycles. The van der Waals surface area contributed by atoms with E-state index < -0.39 is 18.2 Å². The lowest BCUT2D eigenvalue weighted by Gasteiger charge is -2.30. The van der Waals surface area contributed by atoms with Gasteiger partial charge in [0.1, 0.15) is 12.4 Å². The van der Waals surface area contributed by atoms with Crippen LogP contribution in [0.5, 0.6) is 0 Å². The Labute approximate surface area is 206 Å². The number of piperazine rings is 1. The normalized spacial score (nSPS) is 28.0. The van der Waals surface area contributed by atoms with Gasteiger partial charge in [-0.1, -0.05) is 12.7 Å². The van der Waals surface area contributed by atoms with Crippen LogP contribution >= 0.6 is 0 Å². The molecule has 0 spiro atoms. The molecule has 3 heterocycles. The van der Waals surface area contributed by atoms with Gasteiger partial charge in [-0.3, -0.25) is 0 Å². The minimum atomic E-state index is -1.33. The molecule has 1 unspecified atom stereocenters. The van der Waals surface area contributed by atoms with Crippen LogP contribution in [0.25, 0.3) is 0 Å². The monoisotopic (exact) mass is 489 g/mol. The number of allylic oxidation sites excluding steroid dienone is 5. The number of nitrogens with two attached hydrogens (primary N) is 1. The third-order valence-corrected chi connectivity index (χ3v) is 6.92. The van der Waals surface area contributed by atoms with Gasteiger partial charge in [-0.25, -0.2) is 9.38 Å². The summed E-state index contributed by atoms with van der Waals surface area (Å²) in [5.41, 5.74) is 8.20. The van der Waals surface area contributed by atoms with Crippen LogP contribution in [0, 0.1) is 5.92 Å². The minimum absolute atomic E-state index is 0.00308. The highest BCUT2D eigenvalue weighted by atomic mass is 19.1. The quantitative estimate of drug-likeness (QED) is 0.307. The number of hydrogen-bond acceptors (Lipinski definition) is 8. The highest BCUT2D eigenvalue weighted by Gasteiger charge is 2.42. The molecule has 0 aromatic heterocycles. The molecule has 10 heteroatoms. The summed E-state index contributed by atoms with van der Waals surface area (Å²) in [6, 6.07) is 0.262. The number of nitrogens with zero attached hydrogens (tertiary/aromatic N) is 3. The summed E-state index contributed by atoms with van der Waals surface area (Å²) < 4.78 is 36.2. The third-order valence-electron chi connectivity index (χ3n) is 6.92. The van der Waals surface area contributed by atoms with Gasteiger partial charge in [0.05, 0.1) is 6.17 Å². The molecule has 1 aliphatic carbocycles. The molecule has 192 valence electrons. The van der Waals surface area contributed by atoms with Crippen LogP contribution < -0.4 is 21.7 Å². The number of likely N-dealkylation sites (tertiary alicyclic amines) is 1. The van der Waals surface area contributed by atoms with Gasteiger partial charge in [-0.05, 0) is 38.5 Å². The zero-order valence-corrected chi connectivity index (χ0v) is 20.6. The zero-order chi connectivity index (χ0) is 24.9. The van der Waals surface area contributed by atoms with Crippen LogP contribution in [0.3, 0.4) is 0 Å². The molecular weight excluding hydrogens is 452 g/mol. The second kappa shape index (κ2) is 11.3. The fourth-order valence-electron chi connectivity index (χ4n) is 5.11. The largest absolute Gasteiger partial charge is 0.439 e. The maximum absolute atomic E-state index is 15.3. The number of hydrogen-bond donors (Lipinski definition) is 4. The number of alkyl halides is 1. The number of rotatable bonds is 8. The van der Waals surface area contributed by atoms with Crippen LogP contribution in [-0.2, 0) is 4.74 Å². The van der Waals surface area contributed by atoms with Gasteiger partial charge in [0, 0.05) is 62.5 Å². The van der Waals surface area contributed by atoms with Crippen molar-refractivity contribution in [1.29, 1.82) is 0 Å². The number of amidine groups is 1. The second-order valence-corrected chi connectivity index (χ2v) is 9.18. The van der Waals surface area contributed by atoms with Crippen molar-refractivity contribution in [2.45, 2.75) is 45.1 Å². The van der Waals surface area contributed by atoms with Crippen molar-refractivity contribution in [3.8, 4) is 0 Å². The lowest BCUT2D eigenvalue weighted by Crippen LogP contribution is -2.45. The van der Waals surface area contributed by atoms with Crippen molar-refractivity contribution in [2.24, 2.45) is 16.6 Å². The molecule has 0 bridgehead atoms. The molecule has 0 amide bonds. The summed E-state index contributed by atoms with van der Waals surface area (Å²) in [6.45, 7) is 12.6. The predicted octanol–water partition coefficient (Wildman–Crippen LogP) is 2.19. The first-order chi connectivity index (χ1) is 16.9. The standard InChI is InChI=1S/C25H37F2N7O/c1-4-17(33-12-10-29-11-13-33)6-9-21(28)32-24-23(27)25(31-15-30-24)35-20-8-7-19-18(22(20)26)14-16(3)34(19)5-2/h4,6-8,16,18,21-22,29,31H,1,5,9-15,28H2,2-3H3,(H,30,32)/b17-6+/t16-,18?,21-,22+/m1/s1. The Morgan fingerprint density at radius 2 is 2.17 bits per heavy atom. The van der Waals surface area contributed by atoms with Crippen molar-refractivity contribution in [2.75, 3.05) is 39.4 Å². The lowest BCUT2D eigenvalue weighted by atomic mass is 9.92. The number of ether oxygens (including phenoxy) is 1. The molecule has 0 saturated carbocycles. The highest BCUT2D eigenvalue weighted by Crippen LogP contribution is 2.41. The first-order valence-electron chi connectivity index (χ1n) is 12.4. The van der Waals surface area contributed by atoms with E-state index in [1.807, 2.05) is 18.2 Å². The zero-order valence-electron chi connectivity index (χ0n) is 20.6. The third kappa shape index (κ3) is 5.54. The predicted molar refractivity (Wildman–Crippen MR) is 134 cm³/mol. The van der Waals surface area contributed by atoms with Crippen LogP contribution in [-0.4, -0.2) is 73.4 Å². The Bertz CT molecular complexity index is 951. The fraction of sp³-hybridized carbons (Fsp3) is 0.560. The first-order valence-corrected chi connectivity index (χ1v) is 12.4. The van der Waals surface area contributed by atoms with Gasteiger partial charge in [0.25, 0.3) is 0 Å². The Hall–Kier alpha value is -2.85.